The highest BCUT2D eigenvalue weighted by atomic mass is 19.1. The van der Waals surface area contributed by atoms with Crippen molar-refractivity contribution in [1.82, 2.24) is 4.40 Å². The van der Waals surface area contributed by atoms with Gasteiger partial charge in [0.05, 0.1) is 16.7 Å². The third kappa shape index (κ3) is 3.73. The Morgan fingerprint density at radius 1 is 0.487 bits per heavy atom. The van der Waals surface area contributed by atoms with Crippen molar-refractivity contribution in [2.75, 3.05) is 0 Å². The van der Waals surface area contributed by atoms with E-state index in [1.54, 1.807) is 6.07 Å². The second-order valence-electron chi connectivity index (χ2n) is 10.2. The Labute approximate surface area is 225 Å². The molecule has 0 aliphatic rings. The summed E-state index contributed by atoms with van der Waals surface area (Å²) >= 11 is 0. The number of pyridine rings is 1. The van der Waals surface area contributed by atoms with Gasteiger partial charge in [-0.2, -0.15) is 0 Å². The molecule has 0 aliphatic carbocycles. The van der Waals surface area contributed by atoms with Gasteiger partial charge in [-0.25, -0.2) is 8.78 Å². The number of nitrogens with zero attached hydrogens (tertiary/aromatic N) is 1. The van der Waals surface area contributed by atoms with Crippen LogP contribution in [0.1, 0.15) is 11.1 Å². The number of aromatic nitrogens is 1. The predicted molar refractivity (Wildman–Crippen MR) is 158 cm³/mol. The van der Waals surface area contributed by atoms with Crippen molar-refractivity contribution in [3.8, 4) is 33.5 Å². The Morgan fingerprint density at radius 3 is 1.72 bits per heavy atom. The van der Waals surface area contributed by atoms with Gasteiger partial charge in [0.15, 0.2) is 0 Å². The van der Waals surface area contributed by atoms with Gasteiger partial charge in [-0.05, 0) is 84.5 Å². The molecule has 2 heterocycles. The predicted octanol–water partition coefficient (Wildman–Crippen LogP) is 10.1. The molecule has 0 saturated heterocycles. The van der Waals surface area contributed by atoms with E-state index in [0.717, 1.165) is 66.3 Å². The molecule has 39 heavy (non-hydrogen) atoms. The molecular formula is C36H25F2N. The monoisotopic (exact) mass is 509 g/mol. The van der Waals surface area contributed by atoms with Crippen LogP contribution in [-0.2, 0) is 0 Å². The van der Waals surface area contributed by atoms with Crippen molar-refractivity contribution in [3.63, 3.8) is 0 Å². The van der Waals surface area contributed by atoms with Gasteiger partial charge in [0.2, 0.25) is 0 Å². The topological polar surface area (TPSA) is 4.41 Å². The van der Waals surface area contributed by atoms with Crippen molar-refractivity contribution < 1.29 is 8.78 Å². The van der Waals surface area contributed by atoms with Crippen LogP contribution in [0.4, 0.5) is 8.78 Å². The van der Waals surface area contributed by atoms with E-state index in [4.69, 9.17) is 0 Å². The van der Waals surface area contributed by atoms with Crippen LogP contribution in [-0.4, -0.2) is 4.40 Å². The summed E-state index contributed by atoms with van der Waals surface area (Å²) in [6, 6.07) is 36.9. The number of halogens is 2. The zero-order valence-corrected chi connectivity index (χ0v) is 21.7. The molecule has 0 unspecified atom stereocenters. The van der Waals surface area contributed by atoms with E-state index < -0.39 is 0 Å². The molecule has 2 aromatic heterocycles. The molecule has 1 nitrogen and oxygen atoms in total. The second-order valence-corrected chi connectivity index (χ2v) is 10.2. The molecule has 0 bridgehead atoms. The highest BCUT2D eigenvalue weighted by Gasteiger charge is 2.24. The minimum absolute atomic E-state index is 0.293. The summed E-state index contributed by atoms with van der Waals surface area (Å²) < 4.78 is 31.4. The minimum Gasteiger partial charge on any atom is -0.307 e. The van der Waals surface area contributed by atoms with Gasteiger partial charge in [-0.3, -0.25) is 0 Å². The highest BCUT2D eigenvalue weighted by molar-refractivity contribution is 6.20. The number of para-hydroxylation sites is 1. The summed E-state index contributed by atoms with van der Waals surface area (Å²) in [5.74, 6) is -0.588. The molecule has 0 amide bonds. The van der Waals surface area contributed by atoms with Gasteiger partial charge in [-0.1, -0.05) is 77.9 Å². The largest absolute Gasteiger partial charge is 0.307 e. The van der Waals surface area contributed by atoms with Crippen molar-refractivity contribution >= 4 is 27.2 Å². The lowest BCUT2D eigenvalue weighted by Crippen LogP contribution is -1.99. The Kier molecular flexibility index (Phi) is 5.34. The van der Waals surface area contributed by atoms with E-state index >= 15 is 0 Å². The summed E-state index contributed by atoms with van der Waals surface area (Å²) in [5.41, 5.74) is 10.2. The van der Waals surface area contributed by atoms with Gasteiger partial charge in [0.25, 0.3) is 0 Å². The molecule has 7 rings (SSSR count). The molecule has 0 aliphatic heterocycles. The highest BCUT2D eigenvalue weighted by Crippen LogP contribution is 2.47. The Hall–Kier alpha value is -4.76. The van der Waals surface area contributed by atoms with Crippen LogP contribution >= 0.6 is 0 Å². The Bertz CT molecular complexity index is 2010. The molecular weight excluding hydrogens is 484 g/mol. The zero-order valence-electron chi connectivity index (χ0n) is 21.7. The summed E-state index contributed by atoms with van der Waals surface area (Å²) in [6.07, 6.45) is 0. The number of benzene rings is 5. The standard InChI is InChI=1S/C36H25F2N/c1-22-7-11-24(12-8-22)33-30-5-3-4-6-32(30)39-35(26-15-17-27(37)18-16-26)34(25-13-9-23(2)10-14-25)31-21-28(38)19-20-29(31)36(33)39/h3-21H,1-2H3. The van der Waals surface area contributed by atoms with Crippen molar-refractivity contribution in [2.45, 2.75) is 13.8 Å². The molecule has 0 saturated carbocycles. The molecule has 0 atom stereocenters. The van der Waals surface area contributed by atoms with Crippen LogP contribution in [0.2, 0.25) is 0 Å². The average Bonchev–Trinajstić information content (AvgIpc) is 3.29. The molecule has 0 fully saturated rings. The molecule has 7 aromatic rings. The Balaban J connectivity index is 1.79. The van der Waals surface area contributed by atoms with Crippen LogP contribution in [0.15, 0.2) is 115 Å². The van der Waals surface area contributed by atoms with Gasteiger partial charge >= 0.3 is 0 Å². The van der Waals surface area contributed by atoms with Crippen LogP contribution in [0.3, 0.4) is 0 Å². The van der Waals surface area contributed by atoms with Crippen molar-refractivity contribution in [3.05, 3.63) is 138 Å². The summed E-state index contributed by atoms with van der Waals surface area (Å²) in [5, 5.41) is 2.89. The van der Waals surface area contributed by atoms with Crippen LogP contribution in [0.5, 0.6) is 0 Å². The van der Waals surface area contributed by atoms with Gasteiger partial charge in [0.1, 0.15) is 11.6 Å². The second kappa shape index (κ2) is 8.92. The Morgan fingerprint density at radius 2 is 1.05 bits per heavy atom. The zero-order chi connectivity index (χ0) is 26.7. The fraction of sp³-hybridized carbons (Fsp3) is 0.0556. The van der Waals surface area contributed by atoms with E-state index in [-0.39, 0.29) is 11.6 Å². The van der Waals surface area contributed by atoms with Crippen LogP contribution < -0.4 is 0 Å². The van der Waals surface area contributed by atoms with E-state index in [2.05, 4.69) is 85.0 Å². The smallest absolute Gasteiger partial charge is 0.123 e. The summed E-state index contributed by atoms with van der Waals surface area (Å²) in [6.45, 7) is 4.14. The molecule has 0 spiro atoms. The van der Waals surface area contributed by atoms with Crippen molar-refractivity contribution in [1.29, 1.82) is 0 Å². The van der Waals surface area contributed by atoms with E-state index in [1.165, 1.54) is 23.8 Å². The lowest BCUT2D eigenvalue weighted by atomic mass is 9.91. The maximum atomic E-state index is 15.0. The summed E-state index contributed by atoms with van der Waals surface area (Å²) in [4.78, 5) is 0. The van der Waals surface area contributed by atoms with Gasteiger partial charge < -0.3 is 4.40 Å². The molecule has 188 valence electrons. The lowest BCUT2D eigenvalue weighted by Gasteiger charge is -2.19. The van der Waals surface area contributed by atoms with Gasteiger partial charge in [-0.15, -0.1) is 0 Å². The third-order valence-electron chi connectivity index (χ3n) is 7.64. The molecule has 0 radical (unpaired) electrons. The fourth-order valence-electron chi connectivity index (χ4n) is 5.80. The number of rotatable bonds is 3. The minimum atomic E-state index is -0.295. The van der Waals surface area contributed by atoms with E-state index in [1.807, 2.05) is 24.3 Å². The maximum Gasteiger partial charge on any atom is 0.123 e. The first kappa shape index (κ1) is 23.4. The van der Waals surface area contributed by atoms with E-state index in [9.17, 15) is 8.78 Å². The molecule has 5 aromatic carbocycles. The fourth-order valence-corrected chi connectivity index (χ4v) is 5.80. The molecule has 3 heteroatoms. The number of hydrogen-bond acceptors (Lipinski definition) is 0. The normalized spacial score (nSPS) is 11.6. The number of fused-ring (bicyclic) bond motifs is 5. The first-order valence-corrected chi connectivity index (χ1v) is 13.1. The van der Waals surface area contributed by atoms with Crippen LogP contribution in [0.25, 0.3) is 60.7 Å². The molecule has 0 N–H and O–H groups in total. The number of hydrogen-bond donors (Lipinski definition) is 0. The first-order chi connectivity index (χ1) is 19.0. The number of aryl methyl sites for hydroxylation is 2. The van der Waals surface area contributed by atoms with Crippen LogP contribution in [0, 0.1) is 25.5 Å². The third-order valence-corrected chi connectivity index (χ3v) is 7.64. The van der Waals surface area contributed by atoms with Crippen molar-refractivity contribution in [2.24, 2.45) is 0 Å². The SMILES string of the molecule is Cc1ccc(-c2c(-c3ccc(F)cc3)n3c4ccccc4c(-c4ccc(C)cc4)c3c3ccc(F)cc23)cc1. The summed E-state index contributed by atoms with van der Waals surface area (Å²) in [7, 11) is 0. The maximum absolute atomic E-state index is 15.0. The lowest BCUT2D eigenvalue weighted by molar-refractivity contribution is 0.628. The first-order valence-electron chi connectivity index (χ1n) is 13.1. The van der Waals surface area contributed by atoms with Gasteiger partial charge in [0, 0.05) is 21.9 Å². The average molecular weight is 510 g/mol. The quantitative estimate of drug-likeness (QED) is 0.223. The van der Waals surface area contributed by atoms with E-state index in [0.29, 0.717) is 0 Å².